The number of fused-ring (bicyclic) bond motifs is 1. The Balaban J connectivity index is 1.67. The number of aromatic carboxylic acids is 1. The first kappa shape index (κ1) is 23.3. The normalized spacial score (nSPS) is 13.8. The number of aromatic nitrogens is 2. The van der Waals surface area contributed by atoms with Gasteiger partial charge in [0.2, 0.25) is 5.91 Å². The summed E-state index contributed by atoms with van der Waals surface area (Å²) in [5.41, 5.74) is 8.08. The van der Waals surface area contributed by atoms with Crippen molar-refractivity contribution in [3.05, 3.63) is 58.8 Å². The molecule has 1 aromatic heterocycles. The van der Waals surface area contributed by atoms with Crippen LogP contribution in [0.1, 0.15) is 57.7 Å². The van der Waals surface area contributed by atoms with Gasteiger partial charge in [0.15, 0.2) is 0 Å². The third kappa shape index (κ3) is 5.03. The second-order valence-corrected chi connectivity index (χ2v) is 8.67. The van der Waals surface area contributed by atoms with Crippen LogP contribution in [-0.4, -0.2) is 46.3 Å². The number of methoxy groups -OCH3 is 1. The largest absolute Gasteiger partial charge is 0.496 e. The highest BCUT2D eigenvalue weighted by Gasteiger charge is 2.19. The van der Waals surface area contributed by atoms with E-state index in [1.807, 2.05) is 0 Å². The Morgan fingerprint density at radius 2 is 1.88 bits per heavy atom. The number of amides is 2. The Hall–Kier alpha value is -3.88. The van der Waals surface area contributed by atoms with Gasteiger partial charge in [-0.1, -0.05) is 18.9 Å². The molecular formula is C25H28N4O5. The highest BCUT2D eigenvalue weighted by molar-refractivity contribution is 5.99. The first-order chi connectivity index (χ1) is 16.4. The average molecular weight is 465 g/mol. The number of hydrogen-bond donors (Lipinski definition) is 3. The molecule has 2 aromatic carbocycles. The molecule has 178 valence electrons. The maximum atomic E-state index is 12.8. The highest BCUT2D eigenvalue weighted by Crippen LogP contribution is 2.28. The smallest absolute Gasteiger partial charge is 0.335 e. The van der Waals surface area contributed by atoms with Crippen LogP contribution in [0.5, 0.6) is 5.75 Å². The van der Waals surface area contributed by atoms with Gasteiger partial charge in [0.1, 0.15) is 12.3 Å². The molecule has 0 radical (unpaired) electrons. The summed E-state index contributed by atoms with van der Waals surface area (Å²) in [5.74, 6) is -0.774. The fourth-order valence-electron chi connectivity index (χ4n) is 4.54. The van der Waals surface area contributed by atoms with Gasteiger partial charge in [-0.3, -0.25) is 14.3 Å². The average Bonchev–Trinajstić information content (AvgIpc) is 3.45. The van der Waals surface area contributed by atoms with E-state index in [1.165, 1.54) is 36.8 Å². The summed E-state index contributed by atoms with van der Waals surface area (Å²) in [4.78, 5) is 35.7. The predicted molar refractivity (Wildman–Crippen MR) is 126 cm³/mol. The number of nitrogens with zero attached hydrogens (tertiary/aromatic N) is 2. The Bertz CT molecular complexity index is 1240. The van der Waals surface area contributed by atoms with Crippen molar-refractivity contribution in [1.29, 1.82) is 0 Å². The first-order valence-electron chi connectivity index (χ1n) is 11.3. The van der Waals surface area contributed by atoms with Gasteiger partial charge in [-0.25, -0.2) is 4.79 Å². The fourth-order valence-corrected chi connectivity index (χ4v) is 4.54. The van der Waals surface area contributed by atoms with Crippen LogP contribution in [0.15, 0.2) is 36.4 Å². The molecule has 3 aromatic rings. The molecule has 0 saturated heterocycles. The summed E-state index contributed by atoms with van der Waals surface area (Å²) >= 11 is 0. The number of nitrogens with one attached hydrogen (secondary N) is 1. The number of carboxylic acid groups (broad SMARTS) is 1. The van der Waals surface area contributed by atoms with E-state index in [4.69, 9.17) is 10.5 Å². The van der Waals surface area contributed by atoms with Crippen LogP contribution in [0.2, 0.25) is 0 Å². The van der Waals surface area contributed by atoms with Gasteiger partial charge in [-0.15, -0.1) is 0 Å². The molecule has 1 aliphatic carbocycles. The number of hydrogen-bond acceptors (Lipinski definition) is 5. The number of nitrogens with two attached hydrogens (primary N) is 1. The molecule has 1 fully saturated rings. The molecular weight excluding hydrogens is 436 g/mol. The first-order valence-corrected chi connectivity index (χ1v) is 11.3. The molecule has 1 aliphatic rings. The molecule has 1 saturated carbocycles. The number of ether oxygens (including phenoxy) is 1. The second-order valence-electron chi connectivity index (χ2n) is 8.67. The van der Waals surface area contributed by atoms with E-state index < -0.39 is 11.9 Å². The summed E-state index contributed by atoms with van der Waals surface area (Å²) < 4.78 is 6.92. The minimum Gasteiger partial charge on any atom is -0.496 e. The van der Waals surface area contributed by atoms with Gasteiger partial charge in [0.25, 0.3) is 5.91 Å². The molecule has 1 heterocycles. The van der Waals surface area contributed by atoms with Crippen LogP contribution in [-0.2, 0) is 17.8 Å². The van der Waals surface area contributed by atoms with E-state index in [-0.39, 0.29) is 18.0 Å². The minimum absolute atomic E-state index is 0.0984. The highest BCUT2D eigenvalue weighted by atomic mass is 16.5. The second kappa shape index (κ2) is 9.94. The van der Waals surface area contributed by atoms with Gasteiger partial charge in [0.05, 0.1) is 23.9 Å². The van der Waals surface area contributed by atoms with Crippen molar-refractivity contribution in [3.8, 4) is 5.75 Å². The van der Waals surface area contributed by atoms with Crippen LogP contribution in [0, 0.1) is 5.92 Å². The third-order valence-corrected chi connectivity index (χ3v) is 6.31. The molecule has 4 rings (SSSR count). The van der Waals surface area contributed by atoms with E-state index in [0.29, 0.717) is 41.4 Å². The molecule has 2 amide bonds. The SMILES string of the molecule is COc1cc(C(=O)O)ccc1Cc1nn(CC(N)=O)c2ccc(C(=O)NCC3CCCC3)cc12. The van der Waals surface area contributed by atoms with Crippen molar-refractivity contribution in [2.24, 2.45) is 11.7 Å². The zero-order valence-electron chi connectivity index (χ0n) is 19.0. The number of benzene rings is 2. The number of carboxylic acids is 1. The van der Waals surface area contributed by atoms with Crippen molar-refractivity contribution >= 4 is 28.7 Å². The number of primary amides is 1. The van der Waals surface area contributed by atoms with Gasteiger partial charge in [-0.05, 0) is 49.1 Å². The molecule has 0 spiro atoms. The zero-order valence-corrected chi connectivity index (χ0v) is 19.0. The molecule has 4 N–H and O–H groups in total. The maximum absolute atomic E-state index is 12.8. The van der Waals surface area contributed by atoms with Crippen LogP contribution < -0.4 is 15.8 Å². The summed E-state index contributed by atoms with van der Waals surface area (Å²) in [7, 11) is 1.47. The van der Waals surface area contributed by atoms with Gasteiger partial charge < -0.3 is 20.9 Å². The molecule has 9 nitrogen and oxygen atoms in total. The van der Waals surface area contributed by atoms with Crippen LogP contribution in [0.25, 0.3) is 10.9 Å². The predicted octanol–water partition coefficient (Wildman–Crippen LogP) is 2.74. The van der Waals surface area contributed by atoms with Crippen LogP contribution in [0.4, 0.5) is 0 Å². The quantitative estimate of drug-likeness (QED) is 0.445. The molecule has 0 bridgehead atoms. The van der Waals surface area contributed by atoms with Gasteiger partial charge in [0, 0.05) is 29.5 Å². The topological polar surface area (TPSA) is 137 Å². The number of carbonyl (C=O) groups is 3. The van der Waals surface area contributed by atoms with E-state index >= 15 is 0 Å². The van der Waals surface area contributed by atoms with Crippen LogP contribution >= 0.6 is 0 Å². The van der Waals surface area contributed by atoms with E-state index in [1.54, 1.807) is 24.3 Å². The standard InChI is InChI=1S/C25H28N4O5/c1-34-22-12-18(25(32)33)7-6-16(22)11-20-19-10-17(24(31)27-13-15-4-2-3-5-15)8-9-21(19)29(28-20)14-23(26)30/h6-10,12,15H,2-5,11,13-14H2,1H3,(H2,26,30)(H,27,31)(H,32,33). The Labute approximate surface area is 196 Å². The van der Waals surface area contributed by atoms with E-state index in [0.717, 1.165) is 23.8 Å². The monoisotopic (exact) mass is 464 g/mol. The third-order valence-electron chi connectivity index (χ3n) is 6.31. The maximum Gasteiger partial charge on any atom is 0.335 e. The van der Waals surface area contributed by atoms with Crippen LogP contribution in [0.3, 0.4) is 0 Å². The molecule has 34 heavy (non-hydrogen) atoms. The molecule has 0 unspecified atom stereocenters. The van der Waals surface area contributed by atoms with Gasteiger partial charge in [-0.2, -0.15) is 5.10 Å². The van der Waals surface area contributed by atoms with Crippen molar-refractivity contribution in [2.45, 2.75) is 38.6 Å². The van der Waals surface area contributed by atoms with Crippen molar-refractivity contribution in [2.75, 3.05) is 13.7 Å². The lowest BCUT2D eigenvalue weighted by atomic mass is 10.0. The zero-order chi connectivity index (χ0) is 24.2. The van der Waals surface area contributed by atoms with Gasteiger partial charge >= 0.3 is 5.97 Å². The van der Waals surface area contributed by atoms with E-state index in [2.05, 4.69) is 10.4 Å². The molecule has 0 aliphatic heterocycles. The lowest BCUT2D eigenvalue weighted by molar-refractivity contribution is -0.118. The fraction of sp³-hybridized carbons (Fsp3) is 0.360. The van der Waals surface area contributed by atoms with Crippen molar-refractivity contribution in [1.82, 2.24) is 15.1 Å². The summed E-state index contributed by atoms with van der Waals surface area (Å²) in [5, 5.41) is 17.6. The Morgan fingerprint density at radius 3 is 2.56 bits per heavy atom. The lowest BCUT2D eigenvalue weighted by Gasteiger charge is -2.11. The van der Waals surface area contributed by atoms with Crippen molar-refractivity contribution < 1.29 is 24.2 Å². The minimum atomic E-state index is -1.05. The molecule has 9 heteroatoms. The van der Waals surface area contributed by atoms with E-state index in [9.17, 15) is 19.5 Å². The summed E-state index contributed by atoms with van der Waals surface area (Å²) in [6.07, 6.45) is 5.04. The Morgan fingerprint density at radius 1 is 1.15 bits per heavy atom. The summed E-state index contributed by atoms with van der Waals surface area (Å²) in [6, 6.07) is 9.91. The van der Waals surface area contributed by atoms with Crippen molar-refractivity contribution in [3.63, 3.8) is 0 Å². The lowest BCUT2D eigenvalue weighted by Crippen LogP contribution is -2.28. The summed E-state index contributed by atoms with van der Waals surface area (Å²) in [6.45, 7) is 0.566. The number of carbonyl (C=O) groups excluding carboxylic acids is 2. The number of rotatable bonds is 9. The molecule has 0 atom stereocenters. The Kier molecular flexibility index (Phi) is 6.81.